The van der Waals surface area contributed by atoms with Crippen molar-refractivity contribution in [1.82, 2.24) is 0 Å². The lowest BCUT2D eigenvalue weighted by Gasteiger charge is -2.21. The molecule has 1 N–H and O–H groups in total. The quantitative estimate of drug-likeness (QED) is 0.0709. The topological polar surface area (TPSA) is 72.8 Å². The maximum Gasteiger partial charge on any atom is 0.425 e. The fourth-order valence-corrected chi connectivity index (χ4v) is 4.85. The van der Waals surface area contributed by atoms with Gasteiger partial charge < -0.3 is 14.6 Å². The lowest BCUT2D eigenvalue weighted by atomic mass is 9.92. The molecule has 0 saturated heterocycles. The van der Waals surface area contributed by atoms with Crippen molar-refractivity contribution < 1.29 is 41.7 Å². The van der Waals surface area contributed by atoms with Gasteiger partial charge in [-0.2, -0.15) is 13.2 Å². The lowest BCUT2D eigenvalue weighted by molar-refractivity contribution is -0.206. The van der Waals surface area contributed by atoms with Gasteiger partial charge in [-0.05, 0) is 71.5 Å². The zero-order chi connectivity index (χ0) is 32.1. The van der Waals surface area contributed by atoms with Crippen molar-refractivity contribution in [2.75, 3.05) is 6.61 Å². The van der Waals surface area contributed by atoms with Gasteiger partial charge in [0.15, 0.2) is 6.10 Å². The molecule has 0 aliphatic heterocycles. The highest BCUT2D eigenvalue weighted by molar-refractivity contribution is 5.95. The summed E-state index contributed by atoms with van der Waals surface area (Å²) in [5, 5.41) is 9.54. The predicted octanol–water partition coefficient (Wildman–Crippen LogP) is 10.0. The maximum absolute atomic E-state index is 15.3. The smallest absolute Gasteiger partial charge is 0.425 e. The first kappa shape index (κ1) is 34.4. The van der Waals surface area contributed by atoms with E-state index >= 15 is 4.39 Å². The van der Waals surface area contributed by atoms with Gasteiger partial charge in [-0.3, -0.25) is 0 Å². The van der Waals surface area contributed by atoms with Gasteiger partial charge in [-0.1, -0.05) is 88.8 Å². The van der Waals surface area contributed by atoms with Crippen molar-refractivity contribution in [2.24, 2.45) is 0 Å². The minimum atomic E-state index is -4.79. The van der Waals surface area contributed by atoms with E-state index in [1.807, 2.05) is 0 Å². The Morgan fingerprint density at radius 3 is 2.09 bits per heavy atom. The summed E-state index contributed by atoms with van der Waals surface area (Å²) < 4.78 is 66.5. The summed E-state index contributed by atoms with van der Waals surface area (Å²) in [5.41, 5.74) is 1.15. The second-order valence-electron chi connectivity index (χ2n) is 10.6. The lowest BCUT2D eigenvalue weighted by Crippen LogP contribution is -2.34. The second-order valence-corrected chi connectivity index (χ2v) is 10.6. The van der Waals surface area contributed by atoms with Crippen LogP contribution in [0.1, 0.15) is 85.4 Å². The third-order valence-corrected chi connectivity index (χ3v) is 7.23. The van der Waals surface area contributed by atoms with E-state index in [4.69, 9.17) is 9.47 Å². The van der Waals surface area contributed by atoms with E-state index in [2.05, 4.69) is 13.5 Å². The van der Waals surface area contributed by atoms with Gasteiger partial charge >= 0.3 is 18.1 Å². The summed E-state index contributed by atoms with van der Waals surface area (Å²) in [7, 11) is 0. The van der Waals surface area contributed by atoms with E-state index in [1.54, 1.807) is 36.4 Å². The fraction of sp³-hybridized carbons (Fsp3) is 0.371. The van der Waals surface area contributed by atoms with E-state index < -0.39 is 42.0 Å². The molecule has 0 aliphatic carbocycles. The molecule has 5 nitrogen and oxygen atoms in total. The number of hydrogen-bond donors (Lipinski definition) is 1. The number of ether oxygens (including phenoxy) is 2. The number of carboxylic acid groups (broad SMARTS) is 1. The first-order chi connectivity index (χ1) is 21.0. The molecule has 236 valence electrons. The summed E-state index contributed by atoms with van der Waals surface area (Å²) in [6, 6.07) is 14.7. The molecule has 0 spiro atoms. The van der Waals surface area contributed by atoms with Gasteiger partial charge in [0.1, 0.15) is 18.2 Å². The van der Waals surface area contributed by atoms with Crippen LogP contribution in [0.3, 0.4) is 0 Å². The van der Waals surface area contributed by atoms with Gasteiger partial charge in [0.05, 0.1) is 11.1 Å². The normalized spacial score (nSPS) is 12.0. The first-order valence-electron chi connectivity index (χ1n) is 14.8. The van der Waals surface area contributed by atoms with Crippen molar-refractivity contribution in [3.8, 4) is 28.0 Å². The molecule has 0 fully saturated rings. The van der Waals surface area contributed by atoms with E-state index in [1.165, 1.54) is 18.2 Å². The number of carbonyl (C=O) groups is 2. The Morgan fingerprint density at radius 1 is 0.864 bits per heavy atom. The number of carboxylic acids is 1. The second kappa shape index (κ2) is 16.6. The molecule has 0 amide bonds. The molecule has 3 aromatic rings. The molecular formula is C35H38F4O5. The van der Waals surface area contributed by atoms with Crippen LogP contribution in [0, 0.1) is 5.82 Å². The SMILES string of the molecule is C=CCOc1ccc(-c2ccc(C(=O)O)cc2-c2ccc(C(=O)OC(CCCCCCCCCC)C(F)(F)F)c(F)c2)cc1. The number of aromatic carboxylic acids is 1. The summed E-state index contributed by atoms with van der Waals surface area (Å²) in [6.45, 7) is 6.03. The average molecular weight is 615 g/mol. The Labute approximate surface area is 255 Å². The van der Waals surface area contributed by atoms with Crippen LogP contribution >= 0.6 is 0 Å². The molecule has 1 atom stereocenters. The van der Waals surface area contributed by atoms with Gasteiger partial charge in [0.2, 0.25) is 0 Å². The molecule has 0 aromatic heterocycles. The van der Waals surface area contributed by atoms with Crippen LogP contribution in [0.15, 0.2) is 73.3 Å². The molecule has 0 aliphatic rings. The van der Waals surface area contributed by atoms with Crippen LogP contribution in [0.5, 0.6) is 5.75 Å². The number of rotatable bonds is 17. The first-order valence-corrected chi connectivity index (χ1v) is 14.8. The average Bonchev–Trinajstić information content (AvgIpc) is 3.00. The van der Waals surface area contributed by atoms with Crippen molar-refractivity contribution in [3.63, 3.8) is 0 Å². The van der Waals surface area contributed by atoms with E-state index in [-0.39, 0.29) is 17.5 Å². The van der Waals surface area contributed by atoms with Crippen molar-refractivity contribution >= 4 is 11.9 Å². The Bertz CT molecular complexity index is 1400. The van der Waals surface area contributed by atoms with E-state index in [0.717, 1.165) is 50.7 Å². The van der Waals surface area contributed by atoms with Crippen LogP contribution in [0.2, 0.25) is 0 Å². The summed E-state index contributed by atoms with van der Waals surface area (Å²) in [4.78, 5) is 24.4. The van der Waals surface area contributed by atoms with Crippen molar-refractivity contribution in [3.05, 3.63) is 90.3 Å². The van der Waals surface area contributed by atoms with Crippen LogP contribution < -0.4 is 4.74 Å². The Kier molecular flexibility index (Phi) is 13.0. The highest BCUT2D eigenvalue weighted by Gasteiger charge is 2.42. The van der Waals surface area contributed by atoms with Crippen molar-refractivity contribution in [2.45, 2.75) is 77.0 Å². The molecule has 0 saturated carbocycles. The molecule has 0 heterocycles. The largest absolute Gasteiger partial charge is 0.490 e. The fourth-order valence-electron chi connectivity index (χ4n) is 4.85. The molecule has 9 heteroatoms. The van der Waals surface area contributed by atoms with Gasteiger partial charge in [-0.15, -0.1) is 0 Å². The number of esters is 1. The minimum absolute atomic E-state index is 0.0486. The van der Waals surface area contributed by atoms with Crippen LogP contribution in [-0.4, -0.2) is 35.9 Å². The molecule has 3 rings (SSSR count). The number of halogens is 4. The van der Waals surface area contributed by atoms with Crippen LogP contribution in [0.25, 0.3) is 22.3 Å². The zero-order valence-electron chi connectivity index (χ0n) is 24.8. The minimum Gasteiger partial charge on any atom is -0.490 e. The van der Waals surface area contributed by atoms with E-state index in [0.29, 0.717) is 35.5 Å². The van der Waals surface area contributed by atoms with Crippen molar-refractivity contribution in [1.29, 1.82) is 0 Å². The number of hydrogen-bond acceptors (Lipinski definition) is 4. The highest BCUT2D eigenvalue weighted by atomic mass is 19.4. The summed E-state index contributed by atoms with van der Waals surface area (Å²) in [6.07, 6.45) is 1.04. The summed E-state index contributed by atoms with van der Waals surface area (Å²) in [5.74, 6) is -3.10. The van der Waals surface area contributed by atoms with Gasteiger partial charge in [0.25, 0.3) is 0 Å². The predicted molar refractivity (Wildman–Crippen MR) is 162 cm³/mol. The molecule has 3 aromatic carbocycles. The number of carbonyl (C=O) groups excluding carboxylic acids is 1. The highest BCUT2D eigenvalue weighted by Crippen LogP contribution is 2.35. The molecular weight excluding hydrogens is 576 g/mol. The molecule has 0 bridgehead atoms. The van der Waals surface area contributed by atoms with Crippen LogP contribution in [0.4, 0.5) is 17.6 Å². The zero-order valence-corrected chi connectivity index (χ0v) is 24.8. The Hall–Kier alpha value is -4.14. The van der Waals surface area contributed by atoms with E-state index in [9.17, 15) is 27.9 Å². The van der Waals surface area contributed by atoms with Gasteiger partial charge in [0, 0.05) is 0 Å². The standard InChI is InChI=1S/C35H38F4O5/c1-3-5-6-7-8-9-10-11-12-32(35(37,38)39)44-34(42)29-20-15-25(23-31(29)36)30-22-26(33(40)41)16-19-28(30)24-13-17-27(18-14-24)43-21-4-2/h4,13-20,22-23,32H,2-3,5-12,21H2,1H3,(H,40,41). The maximum atomic E-state index is 15.3. The monoisotopic (exact) mass is 614 g/mol. The Balaban J connectivity index is 1.79. The molecule has 1 unspecified atom stereocenters. The molecule has 0 radical (unpaired) electrons. The Morgan fingerprint density at radius 2 is 1.50 bits per heavy atom. The number of benzene rings is 3. The third-order valence-electron chi connectivity index (χ3n) is 7.23. The van der Waals surface area contributed by atoms with Gasteiger partial charge in [-0.25, -0.2) is 14.0 Å². The third kappa shape index (κ3) is 9.96. The molecule has 44 heavy (non-hydrogen) atoms. The van der Waals surface area contributed by atoms with Crippen LogP contribution in [-0.2, 0) is 4.74 Å². The summed E-state index contributed by atoms with van der Waals surface area (Å²) >= 11 is 0. The number of unbranched alkanes of at least 4 members (excludes halogenated alkanes) is 7. The number of alkyl halides is 3.